The molecule has 9 heteroatoms. The molecule has 2 aliphatic heterocycles. The van der Waals surface area contributed by atoms with Crippen molar-refractivity contribution in [3.63, 3.8) is 0 Å². The number of alkyl halides is 1. The van der Waals surface area contributed by atoms with E-state index in [1.165, 1.54) is 6.20 Å². The van der Waals surface area contributed by atoms with E-state index in [-0.39, 0.29) is 17.2 Å². The molecule has 0 saturated carbocycles. The molecule has 5 rings (SSSR count). The summed E-state index contributed by atoms with van der Waals surface area (Å²) in [6.45, 7) is 8.20. The van der Waals surface area contributed by atoms with Crippen LogP contribution < -0.4 is 5.32 Å². The molecule has 160 valence electrons. The lowest BCUT2D eigenvalue weighted by atomic mass is 9.75. The smallest absolute Gasteiger partial charge is 0.177 e. The number of aromatic hydroxyl groups is 1. The van der Waals surface area contributed by atoms with Crippen molar-refractivity contribution in [2.45, 2.75) is 50.4 Å². The number of benzene rings is 1. The van der Waals surface area contributed by atoms with Crippen LogP contribution in [0.25, 0.3) is 22.5 Å². The van der Waals surface area contributed by atoms with Crippen molar-refractivity contribution < 1.29 is 9.50 Å². The number of hydrogen-bond acceptors (Lipinski definition) is 7. The quantitative estimate of drug-likeness (QED) is 0.667. The van der Waals surface area contributed by atoms with Crippen molar-refractivity contribution in [1.29, 1.82) is 0 Å². The van der Waals surface area contributed by atoms with Crippen LogP contribution in [0, 0.1) is 5.92 Å². The molecule has 0 spiro atoms. The molecule has 2 saturated heterocycles. The Morgan fingerprint density at radius 1 is 1.29 bits per heavy atom. The minimum absolute atomic E-state index is 0.0234. The van der Waals surface area contributed by atoms with Gasteiger partial charge in [-0.25, -0.2) is 14.1 Å². The fraction of sp³-hybridized carbons (Fsp3) is 0.409. The second-order valence-corrected chi connectivity index (χ2v) is 9.06. The highest BCUT2D eigenvalue weighted by Gasteiger charge is 2.56. The van der Waals surface area contributed by atoms with Crippen molar-refractivity contribution in [3.8, 4) is 22.7 Å². The number of nitrogens with zero attached hydrogens (tertiary/aromatic N) is 6. The Morgan fingerprint density at radius 2 is 2.13 bits per heavy atom. The van der Waals surface area contributed by atoms with Crippen LogP contribution in [0.2, 0.25) is 0 Å². The van der Waals surface area contributed by atoms with Crippen molar-refractivity contribution in [1.82, 2.24) is 35.5 Å². The van der Waals surface area contributed by atoms with Gasteiger partial charge in [-0.3, -0.25) is 0 Å². The number of piperidine rings is 1. The summed E-state index contributed by atoms with van der Waals surface area (Å²) in [7, 11) is 0. The number of rotatable bonds is 4. The predicted molar refractivity (Wildman–Crippen MR) is 113 cm³/mol. The highest BCUT2D eigenvalue weighted by molar-refractivity contribution is 5.68. The van der Waals surface area contributed by atoms with Gasteiger partial charge in [0.05, 0.1) is 24.3 Å². The van der Waals surface area contributed by atoms with Crippen LogP contribution in [0.3, 0.4) is 0 Å². The summed E-state index contributed by atoms with van der Waals surface area (Å²) >= 11 is 0. The zero-order chi connectivity index (χ0) is 21.8. The van der Waals surface area contributed by atoms with Gasteiger partial charge >= 0.3 is 0 Å². The molecular formula is C22H24FN7O. The highest BCUT2D eigenvalue weighted by atomic mass is 19.1. The first-order chi connectivity index (χ1) is 14.8. The van der Waals surface area contributed by atoms with Crippen LogP contribution in [0.1, 0.15) is 38.9 Å². The number of phenolic OH excluding ortho intramolecular Hbond substituents is 1. The Morgan fingerprint density at radius 3 is 2.81 bits per heavy atom. The lowest BCUT2D eigenvalue weighted by Gasteiger charge is -2.45. The van der Waals surface area contributed by atoms with Gasteiger partial charge < -0.3 is 10.4 Å². The molecule has 3 aromatic rings. The molecule has 0 unspecified atom stereocenters. The van der Waals surface area contributed by atoms with Crippen molar-refractivity contribution in [2.75, 3.05) is 0 Å². The molecule has 2 bridgehead atoms. The van der Waals surface area contributed by atoms with Crippen molar-refractivity contribution in [2.24, 2.45) is 5.92 Å². The first-order valence-electron chi connectivity index (χ1n) is 10.3. The van der Waals surface area contributed by atoms with E-state index in [0.29, 0.717) is 34.8 Å². The van der Waals surface area contributed by atoms with Gasteiger partial charge in [0, 0.05) is 28.6 Å². The van der Waals surface area contributed by atoms with Crippen LogP contribution in [0.4, 0.5) is 4.39 Å². The molecular weight excluding hydrogens is 397 g/mol. The van der Waals surface area contributed by atoms with Gasteiger partial charge in [-0.2, -0.15) is 0 Å². The van der Waals surface area contributed by atoms with Crippen molar-refractivity contribution >= 4 is 5.57 Å². The van der Waals surface area contributed by atoms with Gasteiger partial charge in [-0.05, 0) is 50.8 Å². The van der Waals surface area contributed by atoms with Gasteiger partial charge in [0.25, 0.3) is 0 Å². The topological polar surface area (TPSA) is 102 Å². The van der Waals surface area contributed by atoms with E-state index in [2.05, 4.69) is 44.3 Å². The molecule has 2 N–H and O–H groups in total. The number of hydrogen-bond donors (Lipinski definition) is 2. The summed E-state index contributed by atoms with van der Waals surface area (Å²) in [5.74, 6) is 0.000621. The second-order valence-electron chi connectivity index (χ2n) is 9.06. The third kappa shape index (κ3) is 3.29. The third-order valence-electron chi connectivity index (χ3n) is 6.66. The molecule has 2 aromatic heterocycles. The Balaban J connectivity index is 1.39. The van der Waals surface area contributed by atoms with Crippen molar-refractivity contribution in [3.05, 3.63) is 49.2 Å². The highest BCUT2D eigenvalue weighted by Crippen LogP contribution is 2.49. The van der Waals surface area contributed by atoms with E-state index in [9.17, 15) is 5.11 Å². The second kappa shape index (κ2) is 6.91. The first kappa shape index (κ1) is 19.7. The van der Waals surface area contributed by atoms with Gasteiger partial charge in [-0.15, -0.1) is 15.3 Å². The van der Waals surface area contributed by atoms with E-state index in [4.69, 9.17) is 0 Å². The number of nitrogens with one attached hydrogen (secondary N) is 1. The minimum atomic E-state index is -1.06. The Kier molecular flexibility index (Phi) is 4.40. The van der Waals surface area contributed by atoms with Gasteiger partial charge in [0.1, 0.15) is 17.6 Å². The minimum Gasteiger partial charge on any atom is -0.507 e. The number of fused-ring (bicyclic) bond motifs is 2. The molecule has 4 atom stereocenters. The standard InChI is InChI=1S/C22H24FN7O/c1-13(16-11-21(2)6-7-22(3,28-21)19(16)23)20-24-12-17(26-27-20)15-5-4-14(10-18(15)31)30-9-8-25-29-30/h4-5,8-10,12,16,19,28,31H,1,6-7,11H2,2-3H3/t16-,19-,21+,22-/m1/s1. The van der Waals surface area contributed by atoms with E-state index >= 15 is 4.39 Å². The van der Waals surface area contributed by atoms with Crippen LogP contribution in [-0.2, 0) is 0 Å². The lowest BCUT2D eigenvalue weighted by Crippen LogP contribution is -2.60. The fourth-order valence-electron chi connectivity index (χ4n) is 4.98. The number of halogens is 1. The van der Waals surface area contributed by atoms with E-state index in [0.717, 1.165) is 12.8 Å². The van der Waals surface area contributed by atoms with Gasteiger partial charge in [-0.1, -0.05) is 11.8 Å². The molecule has 0 amide bonds. The normalized spacial score (nSPS) is 29.8. The first-order valence-corrected chi connectivity index (χ1v) is 10.3. The van der Waals surface area contributed by atoms with Gasteiger partial charge in [0.2, 0.25) is 0 Å². The molecule has 31 heavy (non-hydrogen) atoms. The van der Waals surface area contributed by atoms with Crippen LogP contribution >= 0.6 is 0 Å². The molecule has 2 fully saturated rings. The zero-order valence-electron chi connectivity index (χ0n) is 17.5. The molecule has 4 heterocycles. The van der Waals surface area contributed by atoms with Gasteiger partial charge in [0.15, 0.2) is 5.82 Å². The average molecular weight is 421 g/mol. The fourth-order valence-corrected chi connectivity index (χ4v) is 4.98. The summed E-state index contributed by atoms with van der Waals surface area (Å²) in [5.41, 5.74) is 1.49. The SMILES string of the molecule is C=C(c1ncc(-c2ccc(-n3ccnn3)cc2O)nn1)[C@H]1C[C@]2(C)CC[C@@](C)(N2)[C@@H]1F. The monoisotopic (exact) mass is 421 g/mol. The molecule has 2 aliphatic rings. The molecule has 0 radical (unpaired) electrons. The maximum atomic E-state index is 15.3. The van der Waals surface area contributed by atoms with E-state index in [1.807, 2.05) is 6.92 Å². The lowest BCUT2D eigenvalue weighted by molar-refractivity contribution is 0.0769. The zero-order valence-corrected chi connectivity index (χ0v) is 17.5. The molecule has 0 aliphatic carbocycles. The maximum absolute atomic E-state index is 15.3. The summed E-state index contributed by atoms with van der Waals surface area (Å²) < 4.78 is 16.9. The predicted octanol–water partition coefficient (Wildman–Crippen LogP) is 3.10. The summed E-state index contributed by atoms with van der Waals surface area (Å²) in [6, 6.07) is 5.08. The third-order valence-corrected chi connectivity index (χ3v) is 6.66. The summed E-state index contributed by atoms with van der Waals surface area (Å²) in [6.07, 6.45) is 6.10. The number of phenols is 1. The Bertz CT molecular complexity index is 1130. The number of aromatic nitrogens is 6. The van der Waals surface area contributed by atoms with Crippen LogP contribution in [-0.4, -0.2) is 52.5 Å². The van der Waals surface area contributed by atoms with Crippen LogP contribution in [0.5, 0.6) is 5.75 Å². The average Bonchev–Trinajstić information content (AvgIpc) is 3.38. The van der Waals surface area contributed by atoms with E-state index < -0.39 is 11.7 Å². The van der Waals surface area contributed by atoms with E-state index in [1.54, 1.807) is 35.3 Å². The Labute approximate surface area is 179 Å². The summed E-state index contributed by atoms with van der Waals surface area (Å²) in [5, 5.41) is 30.0. The summed E-state index contributed by atoms with van der Waals surface area (Å²) in [4.78, 5) is 4.40. The number of allylic oxidation sites excluding steroid dienone is 1. The largest absolute Gasteiger partial charge is 0.507 e. The Hall–Kier alpha value is -3.20. The molecule has 8 nitrogen and oxygen atoms in total. The maximum Gasteiger partial charge on any atom is 0.177 e. The van der Waals surface area contributed by atoms with Crippen LogP contribution in [0.15, 0.2) is 43.4 Å². The molecule has 1 aromatic carbocycles.